The van der Waals surface area contributed by atoms with Crippen LogP contribution < -0.4 is 0 Å². The molecule has 1 saturated heterocycles. The van der Waals surface area contributed by atoms with Crippen molar-refractivity contribution >= 4 is 12.1 Å². The number of carbonyl (C=O) groups is 2. The van der Waals surface area contributed by atoms with Crippen LogP contribution in [0.15, 0.2) is 0 Å². The predicted octanol–water partition coefficient (Wildman–Crippen LogP) is 1.88. The third-order valence-electron chi connectivity index (χ3n) is 2.81. The van der Waals surface area contributed by atoms with Crippen molar-refractivity contribution < 1.29 is 24.2 Å². The van der Waals surface area contributed by atoms with Crippen LogP contribution in [0.5, 0.6) is 0 Å². The highest BCUT2D eigenvalue weighted by molar-refractivity contribution is 5.70. The fourth-order valence-corrected chi connectivity index (χ4v) is 1.86. The van der Waals surface area contributed by atoms with Crippen molar-refractivity contribution in [3.05, 3.63) is 0 Å². The van der Waals surface area contributed by atoms with Crippen molar-refractivity contribution in [1.29, 1.82) is 0 Å². The Morgan fingerprint density at radius 3 is 2.47 bits per heavy atom. The van der Waals surface area contributed by atoms with E-state index < -0.39 is 29.3 Å². The lowest BCUT2D eigenvalue weighted by Crippen LogP contribution is -2.59. The Labute approximate surface area is 113 Å². The molecule has 1 aliphatic rings. The number of hydrogen-bond acceptors (Lipinski definition) is 4. The van der Waals surface area contributed by atoms with Gasteiger partial charge in [-0.05, 0) is 34.6 Å². The first-order valence-electron chi connectivity index (χ1n) is 6.35. The van der Waals surface area contributed by atoms with Gasteiger partial charge in [0.05, 0.1) is 31.2 Å². The first-order chi connectivity index (χ1) is 8.51. The first kappa shape index (κ1) is 15.8. The molecule has 6 heteroatoms. The van der Waals surface area contributed by atoms with Gasteiger partial charge in [0, 0.05) is 0 Å². The van der Waals surface area contributed by atoms with Gasteiger partial charge in [-0.2, -0.15) is 0 Å². The fraction of sp³-hybridized carbons (Fsp3) is 0.846. The Morgan fingerprint density at radius 2 is 2.00 bits per heavy atom. The average Bonchev–Trinajstić information content (AvgIpc) is 2.17. The summed E-state index contributed by atoms with van der Waals surface area (Å²) in [4.78, 5) is 24.4. The topological polar surface area (TPSA) is 76.1 Å². The molecule has 1 aliphatic heterocycles. The lowest BCUT2D eigenvalue weighted by Gasteiger charge is -2.45. The lowest BCUT2D eigenvalue weighted by molar-refractivity contribution is -0.146. The normalized spacial score (nSPS) is 23.0. The molecule has 1 atom stereocenters. The smallest absolute Gasteiger partial charge is 0.410 e. The quantitative estimate of drug-likeness (QED) is 0.831. The average molecular weight is 273 g/mol. The van der Waals surface area contributed by atoms with Gasteiger partial charge in [-0.15, -0.1) is 0 Å². The van der Waals surface area contributed by atoms with Gasteiger partial charge in [-0.25, -0.2) is 4.79 Å². The van der Waals surface area contributed by atoms with E-state index in [4.69, 9.17) is 14.6 Å². The maximum Gasteiger partial charge on any atom is 0.410 e. The Balaban J connectivity index is 2.75. The van der Waals surface area contributed by atoms with Crippen LogP contribution in [0.1, 0.15) is 41.0 Å². The molecule has 1 amide bonds. The van der Waals surface area contributed by atoms with E-state index in [1.807, 2.05) is 13.8 Å². The number of morpholine rings is 1. The number of ether oxygens (including phenoxy) is 2. The molecule has 110 valence electrons. The van der Waals surface area contributed by atoms with Crippen molar-refractivity contribution in [2.24, 2.45) is 0 Å². The zero-order valence-electron chi connectivity index (χ0n) is 12.2. The van der Waals surface area contributed by atoms with Crippen molar-refractivity contribution in [2.75, 3.05) is 13.2 Å². The zero-order chi connectivity index (χ0) is 14.8. The summed E-state index contributed by atoms with van der Waals surface area (Å²) >= 11 is 0. The summed E-state index contributed by atoms with van der Waals surface area (Å²) in [7, 11) is 0. The number of hydrogen-bond donors (Lipinski definition) is 1. The summed E-state index contributed by atoms with van der Waals surface area (Å²) in [5.74, 6) is -0.936. The molecule has 0 aliphatic carbocycles. The lowest BCUT2D eigenvalue weighted by atomic mass is 10.0. The van der Waals surface area contributed by atoms with E-state index in [9.17, 15) is 9.59 Å². The van der Waals surface area contributed by atoms with Gasteiger partial charge >= 0.3 is 12.1 Å². The Kier molecular flexibility index (Phi) is 4.45. The van der Waals surface area contributed by atoms with Crippen LogP contribution in [0.3, 0.4) is 0 Å². The molecule has 1 heterocycles. The molecule has 1 N–H and O–H groups in total. The molecule has 0 bridgehead atoms. The van der Waals surface area contributed by atoms with Crippen LogP contribution in [-0.4, -0.2) is 52.5 Å². The summed E-state index contributed by atoms with van der Waals surface area (Å²) in [5.41, 5.74) is -1.08. The van der Waals surface area contributed by atoms with Gasteiger partial charge in [0.1, 0.15) is 5.60 Å². The highest BCUT2D eigenvalue weighted by Gasteiger charge is 2.40. The Hall–Kier alpha value is -1.30. The van der Waals surface area contributed by atoms with E-state index >= 15 is 0 Å². The summed E-state index contributed by atoms with van der Waals surface area (Å²) in [6, 6.07) is 0. The minimum atomic E-state index is -0.936. The standard InChI is InChI=1S/C13H23NO5/c1-12(2,3)19-11(17)14-7-9(6-10(15)16)18-8-13(14,4)5/h9H,6-8H2,1-5H3,(H,15,16). The maximum absolute atomic E-state index is 12.2. The molecule has 1 fully saturated rings. The molecular weight excluding hydrogens is 250 g/mol. The SMILES string of the molecule is CC(C)(C)OC(=O)N1CC(CC(=O)O)OCC1(C)C. The predicted molar refractivity (Wildman–Crippen MR) is 69.0 cm³/mol. The van der Waals surface area contributed by atoms with Crippen molar-refractivity contribution in [3.8, 4) is 0 Å². The second kappa shape index (κ2) is 5.36. The van der Waals surface area contributed by atoms with Gasteiger partial charge in [-0.1, -0.05) is 0 Å². The van der Waals surface area contributed by atoms with Gasteiger partial charge in [0.15, 0.2) is 0 Å². The molecule has 0 aromatic rings. The third kappa shape index (κ3) is 4.70. The summed E-state index contributed by atoms with van der Waals surface area (Å²) in [6.07, 6.45) is -1.04. The molecule has 1 rings (SSSR count). The van der Waals surface area contributed by atoms with Gasteiger partial charge in [0.2, 0.25) is 0 Å². The molecule has 0 radical (unpaired) electrons. The van der Waals surface area contributed by atoms with Crippen LogP contribution in [0.2, 0.25) is 0 Å². The van der Waals surface area contributed by atoms with E-state index in [1.165, 1.54) is 0 Å². The summed E-state index contributed by atoms with van der Waals surface area (Å²) in [6.45, 7) is 9.66. The largest absolute Gasteiger partial charge is 0.481 e. The van der Waals surface area contributed by atoms with Crippen LogP contribution in [-0.2, 0) is 14.3 Å². The summed E-state index contributed by atoms with van der Waals surface area (Å²) < 4.78 is 10.8. The molecule has 0 spiro atoms. The zero-order valence-corrected chi connectivity index (χ0v) is 12.2. The van der Waals surface area contributed by atoms with Crippen LogP contribution >= 0.6 is 0 Å². The van der Waals surface area contributed by atoms with Crippen molar-refractivity contribution in [1.82, 2.24) is 4.90 Å². The van der Waals surface area contributed by atoms with Gasteiger partial charge < -0.3 is 14.6 Å². The van der Waals surface area contributed by atoms with E-state index in [0.717, 1.165) is 0 Å². The molecule has 0 aromatic carbocycles. The van der Waals surface area contributed by atoms with Crippen LogP contribution in [0.4, 0.5) is 4.79 Å². The second-order valence-electron chi connectivity index (χ2n) is 6.43. The van der Waals surface area contributed by atoms with Crippen LogP contribution in [0, 0.1) is 0 Å². The fourth-order valence-electron chi connectivity index (χ4n) is 1.86. The van der Waals surface area contributed by atoms with Crippen molar-refractivity contribution in [3.63, 3.8) is 0 Å². The Morgan fingerprint density at radius 1 is 1.42 bits per heavy atom. The van der Waals surface area contributed by atoms with Gasteiger partial charge in [-0.3, -0.25) is 9.69 Å². The monoisotopic (exact) mass is 273 g/mol. The molecule has 0 saturated carbocycles. The van der Waals surface area contributed by atoms with Gasteiger partial charge in [0.25, 0.3) is 0 Å². The highest BCUT2D eigenvalue weighted by atomic mass is 16.6. The molecule has 0 aromatic heterocycles. The van der Waals surface area contributed by atoms with E-state index in [1.54, 1.807) is 25.7 Å². The number of carbonyl (C=O) groups excluding carboxylic acids is 1. The third-order valence-corrected chi connectivity index (χ3v) is 2.81. The Bertz CT molecular complexity index is 359. The number of carboxylic acids is 1. The first-order valence-corrected chi connectivity index (χ1v) is 6.35. The molecular formula is C13H23NO5. The van der Waals surface area contributed by atoms with E-state index in [0.29, 0.717) is 6.61 Å². The molecule has 19 heavy (non-hydrogen) atoms. The highest BCUT2D eigenvalue weighted by Crippen LogP contribution is 2.25. The number of amides is 1. The number of aliphatic carboxylic acids is 1. The number of rotatable bonds is 2. The molecule has 1 unspecified atom stereocenters. The van der Waals surface area contributed by atoms with Crippen molar-refractivity contribution in [2.45, 2.75) is 58.3 Å². The second-order valence-corrected chi connectivity index (χ2v) is 6.43. The minimum Gasteiger partial charge on any atom is -0.481 e. The van der Waals surface area contributed by atoms with E-state index in [-0.39, 0.29) is 13.0 Å². The molecule has 6 nitrogen and oxygen atoms in total. The number of nitrogens with zero attached hydrogens (tertiary/aromatic N) is 1. The van der Waals surface area contributed by atoms with Crippen LogP contribution in [0.25, 0.3) is 0 Å². The summed E-state index contributed by atoms with van der Waals surface area (Å²) in [5, 5.41) is 8.79. The number of carboxylic acid groups (broad SMARTS) is 1. The van der Waals surface area contributed by atoms with E-state index in [2.05, 4.69) is 0 Å². The minimum absolute atomic E-state index is 0.116. The maximum atomic E-state index is 12.2.